The fourth-order valence-corrected chi connectivity index (χ4v) is 1.05. The molecule has 40 valence electrons. The number of rotatable bonds is 0. The third-order valence-corrected chi connectivity index (χ3v) is 1.58. The van der Waals surface area contributed by atoms with Gasteiger partial charge in [0.2, 0.25) is 0 Å². The Kier molecular flexibility index (Phi) is 1.10. The van der Waals surface area contributed by atoms with Crippen LogP contribution >= 0.6 is 0 Å². The molecule has 0 aromatic carbocycles. The third kappa shape index (κ3) is 1.19. The predicted molar refractivity (Wildman–Crippen MR) is 30.9 cm³/mol. The zero-order valence-corrected chi connectivity index (χ0v) is 5.12. The molecular formula is C7H12. The van der Waals surface area contributed by atoms with Gasteiger partial charge in [-0.05, 0) is 24.7 Å². The lowest BCUT2D eigenvalue weighted by Crippen LogP contribution is -2.02. The van der Waals surface area contributed by atoms with Gasteiger partial charge in [-0.3, -0.25) is 0 Å². The Bertz CT molecular complexity index is 54.4. The van der Waals surface area contributed by atoms with E-state index in [2.05, 4.69) is 20.3 Å². The van der Waals surface area contributed by atoms with Crippen LogP contribution in [0.5, 0.6) is 0 Å². The molecule has 0 unspecified atom stereocenters. The summed E-state index contributed by atoms with van der Waals surface area (Å²) in [6.45, 7) is 4.50. The minimum absolute atomic E-state index is 0.444. The van der Waals surface area contributed by atoms with E-state index in [1.807, 2.05) is 0 Å². The van der Waals surface area contributed by atoms with E-state index in [9.17, 15) is 0 Å². The van der Waals surface area contributed by atoms with Crippen molar-refractivity contribution in [1.29, 1.82) is 0 Å². The molecule has 1 fully saturated rings. The minimum Gasteiger partial charge on any atom is -0.0593 e. The van der Waals surface area contributed by atoms with Gasteiger partial charge in [-0.25, -0.2) is 0 Å². The van der Waals surface area contributed by atoms with Crippen molar-refractivity contribution >= 4 is 0 Å². The second kappa shape index (κ2) is 1.50. The van der Waals surface area contributed by atoms with Crippen LogP contribution in [0.2, 0.25) is 0 Å². The summed E-state index contributed by atoms with van der Waals surface area (Å²) >= 11 is 0. The topological polar surface area (TPSA) is 0 Å². The molecule has 1 rings (SSSR count). The van der Waals surface area contributed by atoms with Crippen molar-refractivity contribution < 1.29 is 0 Å². The zero-order chi connectivity index (χ0) is 5.33. The van der Waals surface area contributed by atoms with Gasteiger partial charge in [-0.1, -0.05) is 20.3 Å². The van der Waals surface area contributed by atoms with Crippen LogP contribution in [0.1, 0.15) is 33.1 Å². The van der Waals surface area contributed by atoms with Gasteiger partial charge in [-0.2, -0.15) is 0 Å². The highest BCUT2D eigenvalue weighted by Crippen LogP contribution is 2.35. The van der Waals surface area contributed by atoms with Gasteiger partial charge in [-0.15, -0.1) is 0 Å². The molecule has 0 saturated heterocycles. The molecule has 0 aromatic rings. The molecule has 0 aromatic heterocycles. The lowest BCUT2D eigenvalue weighted by atomic mass is 9.92. The maximum absolute atomic E-state index is 3.40. The van der Waals surface area contributed by atoms with Crippen LogP contribution < -0.4 is 0 Å². The predicted octanol–water partition coefficient (Wildman–Crippen LogP) is 2.28. The molecular weight excluding hydrogens is 84.1 g/mol. The van der Waals surface area contributed by atoms with Crippen LogP contribution in [0.15, 0.2) is 0 Å². The first-order valence-electron chi connectivity index (χ1n) is 2.96. The molecule has 2 radical (unpaired) electrons. The number of hydrogen-bond acceptors (Lipinski definition) is 0. The van der Waals surface area contributed by atoms with E-state index in [1.54, 1.807) is 0 Å². The monoisotopic (exact) mass is 96.1 g/mol. The summed E-state index contributed by atoms with van der Waals surface area (Å²) < 4.78 is 0. The second-order valence-corrected chi connectivity index (χ2v) is 2.91. The molecule has 0 N–H and O–H groups in total. The normalized spacial score (nSPS) is 28.3. The summed E-state index contributed by atoms with van der Waals surface area (Å²) in [5.41, 5.74) is 0.444. The Labute approximate surface area is 45.9 Å². The molecule has 1 aliphatic carbocycles. The quantitative estimate of drug-likeness (QED) is 0.434. The Morgan fingerprint density at radius 3 is 2.29 bits per heavy atom. The molecule has 0 amide bonds. The van der Waals surface area contributed by atoms with E-state index < -0.39 is 0 Å². The Morgan fingerprint density at radius 1 is 1.43 bits per heavy atom. The summed E-state index contributed by atoms with van der Waals surface area (Å²) in [5, 5.41) is 0. The van der Waals surface area contributed by atoms with Crippen LogP contribution in [0.3, 0.4) is 0 Å². The maximum atomic E-state index is 3.40. The summed E-state index contributed by atoms with van der Waals surface area (Å²) in [6.07, 6.45) is 7.31. The maximum Gasteiger partial charge on any atom is -0.0112 e. The SMILES string of the molecule is CC1(C)[C]CCC1. The van der Waals surface area contributed by atoms with Crippen molar-refractivity contribution in [2.45, 2.75) is 33.1 Å². The Hall–Kier alpha value is 0. The van der Waals surface area contributed by atoms with Crippen LogP contribution in [0.4, 0.5) is 0 Å². The van der Waals surface area contributed by atoms with E-state index in [4.69, 9.17) is 0 Å². The second-order valence-electron chi connectivity index (χ2n) is 2.91. The van der Waals surface area contributed by atoms with Crippen molar-refractivity contribution in [3.05, 3.63) is 6.42 Å². The smallest absolute Gasteiger partial charge is 0.0112 e. The van der Waals surface area contributed by atoms with E-state index in [0.717, 1.165) is 0 Å². The van der Waals surface area contributed by atoms with E-state index >= 15 is 0 Å². The molecule has 0 aliphatic heterocycles. The highest BCUT2D eigenvalue weighted by Gasteiger charge is 2.22. The van der Waals surface area contributed by atoms with Crippen LogP contribution in [-0.2, 0) is 0 Å². The van der Waals surface area contributed by atoms with Crippen molar-refractivity contribution in [2.75, 3.05) is 0 Å². The Balaban J connectivity index is 2.40. The first-order valence-corrected chi connectivity index (χ1v) is 2.96. The standard InChI is InChI=1S/C7H12/c1-7(2)5-3-4-6-7/h3-5H2,1-2H3. The van der Waals surface area contributed by atoms with E-state index in [-0.39, 0.29) is 0 Å². The van der Waals surface area contributed by atoms with Crippen molar-refractivity contribution in [3.63, 3.8) is 0 Å². The van der Waals surface area contributed by atoms with Gasteiger partial charge in [0.15, 0.2) is 0 Å². The van der Waals surface area contributed by atoms with Crippen LogP contribution in [0, 0.1) is 11.8 Å². The van der Waals surface area contributed by atoms with Gasteiger partial charge in [0.05, 0.1) is 0 Å². The lowest BCUT2D eigenvalue weighted by Gasteiger charge is -2.12. The van der Waals surface area contributed by atoms with E-state index in [0.29, 0.717) is 5.41 Å². The molecule has 0 nitrogen and oxygen atoms in total. The van der Waals surface area contributed by atoms with Gasteiger partial charge in [0, 0.05) is 0 Å². The summed E-state index contributed by atoms with van der Waals surface area (Å²) in [7, 11) is 0. The van der Waals surface area contributed by atoms with Gasteiger partial charge >= 0.3 is 0 Å². The van der Waals surface area contributed by atoms with Crippen LogP contribution in [0.25, 0.3) is 0 Å². The highest BCUT2D eigenvalue weighted by molar-refractivity contribution is 4.90. The molecule has 0 heteroatoms. The summed E-state index contributed by atoms with van der Waals surface area (Å²) in [6, 6.07) is 0. The summed E-state index contributed by atoms with van der Waals surface area (Å²) in [4.78, 5) is 0. The minimum atomic E-state index is 0.444. The molecule has 0 atom stereocenters. The fourth-order valence-electron chi connectivity index (χ4n) is 1.05. The van der Waals surface area contributed by atoms with E-state index in [1.165, 1.54) is 19.3 Å². The molecule has 1 aliphatic rings. The average molecular weight is 96.2 g/mol. The molecule has 0 spiro atoms. The average Bonchev–Trinajstić information content (AvgIpc) is 1.84. The van der Waals surface area contributed by atoms with Crippen molar-refractivity contribution in [2.24, 2.45) is 5.41 Å². The molecule has 7 heavy (non-hydrogen) atoms. The summed E-state index contributed by atoms with van der Waals surface area (Å²) in [5.74, 6) is 0. The molecule has 0 bridgehead atoms. The third-order valence-electron chi connectivity index (χ3n) is 1.58. The van der Waals surface area contributed by atoms with Gasteiger partial charge in [0.25, 0.3) is 0 Å². The largest absolute Gasteiger partial charge is 0.0593 e. The van der Waals surface area contributed by atoms with Gasteiger partial charge < -0.3 is 0 Å². The first kappa shape index (κ1) is 5.14. The van der Waals surface area contributed by atoms with Crippen LogP contribution in [-0.4, -0.2) is 0 Å². The lowest BCUT2D eigenvalue weighted by molar-refractivity contribution is 0.456. The van der Waals surface area contributed by atoms with Gasteiger partial charge in [0.1, 0.15) is 0 Å². The molecule has 1 saturated carbocycles. The highest BCUT2D eigenvalue weighted by atomic mass is 14.3. The Morgan fingerprint density at radius 2 is 2.14 bits per heavy atom. The zero-order valence-electron chi connectivity index (χ0n) is 5.12. The molecule has 0 heterocycles. The van der Waals surface area contributed by atoms with Crippen molar-refractivity contribution in [3.8, 4) is 0 Å². The fraction of sp³-hybridized carbons (Fsp3) is 0.857. The number of hydrogen-bond donors (Lipinski definition) is 0. The van der Waals surface area contributed by atoms with Crippen molar-refractivity contribution in [1.82, 2.24) is 0 Å². The first-order chi connectivity index (χ1) is 3.21.